The maximum absolute atomic E-state index is 14.4. The summed E-state index contributed by atoms with van der Waals surface area (Å²) in [7, 11) is 1.68. The van der Waals surface area contributed by atoms with Crippen LogP contribution in [0.15, 0.2) is 55.6 Å². The number of alkyl halides is 1. The van der Waals surface area contributed by atoms with Crippen LogP contribution >= 0.6 is 15.9 Å². The standard InChI is InChI=1S/C35H48BrN3O7/c1-8-10-17-25(41)37(7)22(3)28(23-15-12-11-13-16-23)45-33(44)26-27-31(42)38(19-14-20-40)30(35(27)21-24(36)29(26)46-35)32(43)39(18-9-2)34(4,5)6/h8-9,11-13,15-16,22,24,26-30,40H,1-2,10,14,17-21H2,3-7H3/t22-,24?,26+,27-,28+,29+,30+,35-/m1/s1. The highest BCUT2D eigenvalue weighted by Gasteiger charge is 2.77. The van der Waals surface area contributed by atoms with Crippen molar-refractivity contribution in [2.24, 2.45) is 11.8 Å². The van der Waals surface area contributed by atoms with Gasteiger partial charge in [0.1, 0.15) is 17.7 Å². The number of amides is 3. The number of likely N-dealkylation sites (N-methyl/N-ethyl adjacent to an activating group) is 1. The zero-order valence-electron chi connectivity index (χ0n) is 27.6. The van der Waals surface area contributed by atoms with Crippen LogP contribution in [0.2, 0.25) is 0 Å². The molecular formula is C35H48BrN3O7. The van der Waals surface area contributed by atoms with Gasteiger partial charge in [-0.25, -0.2) is 0 Å². The molecule has 1 unspecified atom stereocenters. The summed E-state index contributed by atoms with van der Waals surface area (Å²) in [5.41, 5.74) is -1.13. The third-order valence-electron chi connectivity index (χ3n) is 9.62. The summed E-state index contributed by atoms with van der Waals surface area (Å²) in [5, 5.41) is 9.67. The maximum atomic E-state index is 14.4. The molecule has 3 amide bonds. The van der Waals surface area contributed by atoms with Gasteiger partial charge in [0.2, 0.25) is 17.7 Å². The van der Waals surface area contributed by atoms with Crippen LogP contribution < -0.4 is 0 Å². The molecule has 0 saturated carbocycles. The van der Waals surface area contributed by atoms with Crippen molar-refractivity contribution < 1.29 is 33.8 Å². The maximum Gasteiger partial charge on any atom is 0.313 e. The summed E-state index contributed by atoms with van der Waals surface area (Å²) in [5.74, 6) is -3.30. The van der Waals surface area contributed by atoms with E-state index in [1.807, 2.05) is 58.0 Å². The van der Waals surface area contributed by atoms with E-state index in [-0.39, 0.29) is 55.1 Å². The minimum absolute atomic E-state index is 0.109. The van der Waals surface area contributed by atoms with Crippen molar-refractivity contribution in [2.75, 3.05) is 26.7 Å². The summed E-state index contributed by atoms with van der Waals surface area (Å²) in [6.45, 7) is 15.4. The van der Waals surface area contributed by atoms with Crippen LogP contribution in [-0.4, -0.2) is 104 Å². The molecule has 3 saturated heterocycles. The molecule has 3 aliphatic heterocycles. The number of ether oxygens (including phenoxy) is 2. The van der Waals surface area contributed by atoms with Gasteiger partial charge in [0.15, 0.2) is 0 Å². The molecule has 3 fully saturated rings. The van der Waals surface area contributed by atoms with E-state index >= 15 is 0 Å². The Morgan fingerprint density at radius 2 is 1.89 bits per heavy atom. The lowest BCUT2D eigenvalue weighted by Crippen LogP contribution is -2.60. The minimum atomic E-state index is -1.26. The van der Waals surface area contributed by atoms with Crippen molar-refractivity contribution in [1.29, 1.82) is 0 Å². The van der Waals surface area contributed by atoms with Crippen LogP contribution in [0.3, 0.4) is 0 Å². The fourth-order valence-electron chi connectivity index (χ4n) is 7.25. The van der Waals surface area contributed by atoms with Gasteiger partial charge in [-0.05, 0) is 52.5 Å². The summed E-state index contributed by atoms with van der Waals surface area (Å²) in [4.78, 5) is 60.5. The highest BCUT2D eigenvalue weighted by molar-refractivity contribution is 9.09. The Labute approximate surface area is 280 Å². The molecule has 10 nitrogen and oxygen atoms in total. The summed E-state index contributed by atoms with van der Waals surface area (Å²) in [6.07, 6.45) is 3.25. The lowest BCUT2D eigenvalue weighted by molar-refractivity contribution is -0.164. The van der Waals surface area contributed by atoms with Gasteiger partial charge in [0, 0.05) is 43.5 Å². The number of carbonyl (C=O) groups is 4. The van der Waals surface area contributed by atoms with Crippen LogP contribution in [-0.2, 0) is 28.7 Å². The van der Waals surface area contributed by atoms with E-state index in [0.29, 0.717) is 18.4 Å². The summed E-state index contributed by atoms with van der Waals surface area (Å²) >= 11 is 3.71. The van der Waals surface area contributed by atoms with Crippen LogP contribution in [0, 0.1) is 11.8 Å². The average Bonchev–Trinajstić information content (AvgIpc) is 3.61. The highest BCUT2D eigenvalue weighted by atomic mass is 79.9. The molecule has 8 atom stereocenters. The van der Waals surface area contributed by atoms with Gasteiger partial charge in [-0.2, -0.15) is 0 Å². The minimum Gasteiger partial charge on any atom is -0.455 e. The average molecular weight is 703 g/mol. The van der Waals surface area contributed by atoms with E-state index in [4.69, 9.17) is 9.47 Å². The number of hydrogen-bond acceptors (Lipinski definition) is 7. The zero-order valence-corrected chi connectivity index (χ0v) is 29.1. The van der Waals surface area contributed by atoms with Crippen LogP contribution in [0.4, 0.5) is 0 Å². The number of fused-ring (bicyclic) bond motifs is 1. The van der Waals surface area contributed by atoms with Crippen LogP contribution in [0.1, 0.15) is 65.0 Å². The molecule has 3 heterocycles. The predicted octanol–water partition coefficient (Wildman–Crippen LogP) is 4.03. The molecule has 46 heavy (non-hydrogen) atoms. The molecule has 2 bridgehead atoms. The summed E-state index contributed by atoms with van der Waals surface area (Å²) < 4.78 is 12.9. The van der Waals surface area contributed by atoms with E-state index in [0.717, 1.165) is 0 Å². The quantitative estimate of drug-likeness (QED) is 0.177. The van der Waals surface area contributed by atoms with Gasteiger partial charge >= 0.3 is 5.97 Å². The molecule has 3 aliphatic rings. The van der Waals surface area contributed by atoms with E-state index in [2.05, 4.69) is 29.1 Å². The Balaban J connectivity index is 1.72. The smallest absolute Gasteiger partial charge is 0.313 e. The fraction of sp³-hybridized carbons (Fsp3) is 0.600. The second-order valence-corrected chi connectivity index (χ2v) is 14.7. The second kappa shape index (κ2) is 14.4. The Morgan fingerprint density at radius 1 is 1.22 bits per heavy atom. The summed E-state index contributed by atoms with van der Waals surface area (Å²) in [6, 6.07) is 7.71. The SMILES string of the molecule is C=CCCC(=O)N(C)[C@H](C)[C@H](OC(=O)[C@@H]1[C@H]2O[C@@]3(CC2Br)[C@H](C(=O)N(CC=C)C(C)(C)C)N(CCCO)C(=O)[C@@H]13)c1ccccc1. The van der Waals surface area contributed by atoms with E-state index < -0.39 is 53.2 Å². The molecule has 1 spiro atoms. The molecule has 0 radical (unpaired) electrons. The highest BCUT2D eigenvalue weighted by Crippen LogP contribution is 2.60. The number of benzene rings is 1. The fourth-order valence-corrected chi connectivity index (χ4v) is 8.20. The van der Waals surface area contributed by atoms with Crippen molar-refractivity contribution in [2.45, 2.75) is 93.6 Å². The first-order valence-electron chi connectivity index (χ1n) is 16.0. The molecule has 0 aliphatic carbocycles. The van der Waals surface area contributed by atoms with Crippen molar-refractivity contribution >= 4 is 39.6 Å². The third kappa shape index (κ3) is 6.55. The molecule has 0 aromatic heterocycles. The van der Waals surface area contributed by atoms with Crippen molar-refractivity contribution in [1.82, 2.24) is 14.7 Å². The van der Waals surface area contributed by atoms with Gasteiger partial charge in [-0.15, -0.1) is 13.2 Å². The molecule has 1 aromatic carbocycles. The first kappa shape index (κ1) is 35.8. The van der Waals surface area contributed by atoms with Crippen molar-refractivity contribution in [3.8, 4) is 0 Å². The Morgan fingerprint density at radius 3 is 2.48 bits per heavy atom. The normalized spacial score (nSPS) is 27.9. The number of nitrogens with zero attached hydrogens (tertiary/aromatic N) is 3. The number of aliphatic hydroxyl groups excluding tert-OH is 1. The molecule has 4 rings (SSSR count). The van der Waals surface area contributed by atoms with Gasteiger partial charge in [-0.1, -0.05) is 58.4 Å². The number of allylic oxidation sites excluding steroid dienone is 1. The third-order valence-corrected chi connectivity index (χ3v) is 10.5. The number of rotatable bonds is 14. The first-order chi connectivity index (χ1) is 21.7. The molecule has 11 heteroatoms. The number of likely N-dealkylation sites (tertiary alicyclic amines) is 1. The Hall–Kier alpha value is -3.02. The zero-order chi connectivity index (χ0) is 34.0. The van der Waals surface area contributed by atoms with Gasteiger partial charge in [0.25, 0.3) is 0 Å². The largest absolute Gasteiger partial charge is 0.455 e. The molecule has 252 valence electrons. The number of hydrogen-bond donors (Lipinski definition) is 1. The number of carbonyl (C=O) groups excluding carboxylic acids is 4. The Kier molecular flexibility index (Phi) is 11.2. The number of esters is 1. The lowest BCUT2D eigenvalue weighted by Gasteiger charge is -2.42. The van der Waals surface area contributed by atoms with E-state index in [1.54, 1.807) is 29.0 Å². The molecule has 1 aromatic rings. The second-order valence-electron chi connectivity index (χ2n) is 13.5. The Bertz CT molecular complexity index is 1320. The molecule has 1 N–H and O–H groups in total. The number of aliphatic hydroxyl groups is 1. The topological polar surface area (TPSA) is 117 Å². The predicted molar refractivity (Wildman–Crippen MR) is 178 cm³/mol. The van der Waals surface area contributed by atoms with E-state index in [9.17, 15) is 24.3 Å². The van der Waals surface area contributed by atoms with Crippen molar-refractivity contribution in [3.63, 3.8) is 0 Å². The first-order valence-corrected chi connectivity index (χ1v) is 16.9. The van der Waals surface area contributed by atoms with Crippen LogP contribution in [0.25, 0.3) is 0 Å². The van der Waals surface area contributed by atoms with Gasteiger partial charge in [-0.3, -0.25) is 19.2 Å². The van der Waals surface area contributed by atoms with E-state index in [1.165, 1.54) is 4.90 Å². The lowest BCUT2D eigenvalue weighted by atomic mass is 9.70. The van der Waals surface area contributed by atoms with Crippen LogP contribution in [0.5, 0.6) is 0 Å². The number of halogens is 1. The molecular weight excluding hydrogens is 654 g/mol. The van der Waals surface area contributed by atoms with Gasteiger partial charge < -0.3 is 29.3 Å². The van der Waals surface area contributed by atoms with Gasteiger partial charge in [0.05, 0.1) is 24.0 Å². The van der Waals surface area contributed by atoms with Crippen molar-refractivity contribution in [3.05, 3.63) is 61.2 Å². The monoisotopic (exact) mass is 701 g/mol.